The van der Waals surface area contributed by atoms with E-state index in [2.05, 4.69) is 9.80 Å². The number of aliphatic hydroxyl groups excluding tert-OH is 1. The maximum Gasteiger partial charge on any atom is 0.123 e. The summed E-state index contributed by atoms with van der Waals surface area (Å²) in [6, 6.07) is 6.60. The average molecular weight is 267 g/mol. The highest BCUT2D eigenvalue weighted by Crippen LogP contribution is 2.17. The Hall–Kier alpha value is -1.17. The number of rotatable bonds is 4. The number of nitrogens with two attached hydrogens (primary N) is 1. The molecule has 0 amide bonds. The molecule has 1 atom stereocenters. The van der Waals surface area contributed by atoms with Crippen molar-refractivity contribution < 1.29 is 9.50 Å². The van der Waals surface area contributed by atoms with Crippen LogP contribution < -0.4 is 10.6 Å². The summed E-state index contributed by atoms with van der Waals surface area (Å²) in [4.78, 5) is 4.50. The van der Waals surface area contributed by atoms with Crippen LogP contribution >= 0.6 is 0 Å². The molecule has 106 valence electrons. The van der Waals surface area contributed by atoms with Gasteiger partial charge >= 0.3 is 0 Å². The van der Waals surface area contributed by atoms with Crippen LogP contribution in [-0.4, -0.2) is 54.9 Å². The van der Waals surface area contributed by atoms with Crippen LogP contribution in [0.1, 0.15) is 6.92 Å². The van der Waals surface area contributed by atoms with Crippen LogP contribution in [0.3, 0.4) is 0 Å². The molecule has 1 heterocycles. The number of hydrogen-bond acceptors (Lipinski definition) is 4. The van der Waals surface area contributed by atoms with Crippen molar-refractivity contribution in [2.45, 2.75) is 12.5 Å². The van der Waals surface area contributed by atoms with Crippen molar-refractivity contribution in [3.05, 3.63) is 30.1 Å². The highest BCUT2D eigenvalue weighted by atomic mass is 19.1. The van der Waals surface area contributed by atoms with Gasteiger partial charge in [0.05, 0.1) is 6.61 Å². The Morgan fingerprint density at radius 1 is 1.21 bits per heavy atom. The predicted molar refractivity (Wildman–Crippen MR) is 74.7 cm³/mol. The lowest BCUT2D eigenvalue weighted by atomic mass is 10.0. The first-order chi connectivity index (χ1) is 9.00. The largest absolute Gasteiger partial charge is 0.394 e. The Balaban J connectivity index is 1.87. The Labute approximate surface area is 113 Å². The minimum atomic E-state index is -0.544. The molecular formula is C14H22FN3O. The maximum absolute atomic E-state index is 12.9. The topological polar surface area (TPSA) is 52.7 Å². The van der Waals surface area contributed by atoms with Crippen LogP contribution in [0.5, 0.6) is 0 Å². The standard InChI is InChI=1S/C14H22FN3O/c1-14(16,11-19)10-17-6-8-18(9-7-17)13-4-2-12(15)3-5-13/h2-5,19H,6-11,16H2,1H3. The van der Waals surface area contributed by atoms with Crippen LogP contribution in [0.2, 0.25) is 0 Å². The van der Waals surface area contributed by atoms with E-state index in [4.69, 9.17) is 5.73 Å². The molecular weight excluding hydrogens is 245 g/mol. The zero-order valence-electron chi connectivity index (χ0n) is 11.3. The second-order valence-corrected chi connectivity index (χ2v) is 5.55. The number of piperazine rings is 1. The summed E-state index contributed by atoms with van der Waals surface area (Å²) in [5.74, 6) is -0.204. The van der Waals surface area contributed by atoms with E-state index in [9.17, 15) is 9.50 Å². The Morgan fingerprint density at radius 2 is 1.79 bits per heavy atom. The summed E-state index contributed by atoms with van der Waals surface area (Å²) < 4.78 is 12.9. The molecule has 1 saturated heterocycles. The lowest BCUT2D eigenvalue weighted by molar-refractivity contribution is 0.143. The molecule has 1 fully saturated rings. The number of hydrogen-bond donors (Lipinski definition) is 2. The Kier molecular flexibility index (Phi) is 4.39. The summed E-state index contributed by atoms with van der Waals surface area (Å²) >= 11 is 0. The van der Waals surface area contributed by atoms with E-state index >= 15 is 0 Å². The predicted octanol–water partition coefficient (Wildman–Crippen LogP) is 0.657. The van der Waals surface area contributed by atoms with E-state index in [0.717, 1.165) is 31.9 Å². The van der Waals surface area contributed by atoms with E-state index in [-0.39, 0.29) is 12.4 Å². The minimum Gasteiger partial charge on any atom is -0.394 e. The van der Waals surface area contributed by atoms with Gasteiger partial charge in [-0.1, -0.05) is 0 Å². The van der Waals surface area contributed by atoms with Crippen LogP contribution in [0.15, 0.2) is 24.3 Å². The molecule has 0 aromatic heterocycles. The van der Waals surface area contributed by atoms with Crippen molar-refractivity contribution in [3.8, 4) is 0 Å². The molecule has 1 aromatic rings. The van der Waals surface area contributed by atoms with Crippen LogP contribution in [0, 0.1) is 5.82 Å². The number of benzene rings is 1. The smallest absolute Gasteiger partial charge is 0.123 e. The molecule has 19 heavy (non-hydrogen) atoms. The molecule has 2 rings (SSSR count). The lowest BCUT2D eigenvalue weighted by Gasteiger charge is -2.39. The molecule has 0 radical (unpaired) electrons. The molecule has 1 aliphatic heterocycles. The fraction of sp³-hybridized carbons (Fsp3) is 0.571. The summed E-state index contributed by atoms with van der Waals surface area (Å²) in [5.41, 5.74) is 6.47. The average Bonchev–Trinajstić information content (AvgIpc) is 2.40. The molecule has 0 aliphatic carbocycles. The monoisotopic (exact) mass is 267 g/mol. The fourth-order valence-electron chi connectivity index (χ4n) is 2.38. The number of aliphatic hydroxyl groups is 1. The fourth-order valence-corrected chi connectivity index (χ4v) is 2.38. The molecule has 1 aliphatic rings. The molecule has 5 heteroatoms. The van der Waals surface area contributed by atoms with Crippen molar-refractivity contribution in [1.82, 2.24) is 4.90 Å². The molecule has 4 nitrogen and oxygen atoms in total. The molecule has 1 aromatic carbocycles. The minimum absolute atomic E-state index is 0.00875. The van der Waals surface area contributed by atoms with Crippen LogP contribution in [-0.2, 0) is 0 Å². The van der Waals surface area contributed by atoms with Gasteiger partial charge in [0.25, 0.3) is 0 Å². The van der Waals surface area contributed by atoms with E-state index in [1.165, 1.54) is 12.1 Å². The molecule has 0 saturated carbocycles. The molecule has 3 N–H and O–H groups in total. The van der Waals surface area contributed by atoms with E-state index in [0.29, 0.717) is 6.54 Å². The quantitative estimate of drug-likeness (QED) is 0.841. The van der Waals surface area contributed by atoms with Gasteiger partial charge in [0, 0.05) is 44.0 Å². The van der Waals surface area contributed by atoms with Gasteiger partial charge in [-0.15, -0.1) is 0 Å². The van der Waals surface area contributed by atoms with Crippen molar-refractivity contribution in [1.29, 1.82) is 0 Å². The first-order valence-corrected chi connectivity index (χ1v) is 6.63. The molecule has 0 bridgehead atoms. The van der Waals surface area contributed by atoms with E-state index < -0.39 is 5.54 Å². The zero-order valence-corrected chi connectivity index (χ0v) is 11.3. The summed E-state index contributed by atoms with van der Waals surface area (Å²) in [6.07, 6.45) is 0. The van der Waals surface area contributed by atoms with Gasteiger partial charge in [0.2, 0.25) is 0 Å². The Bertz CT molecular complexity index is 400. The lowest BCUT2D eigenvalue weighted by Crippen LogP contribution is -2.55. The van der Waals surface area contributed by atoms with Gasteiger partial charge in [-0.3, -0.25) is 4.90 Å². The van der Waals surface area contributed by atoms with Crippen molar-refractivity contribution in [2.24, 2.45) is 5.73 Å². The van der Waals surface area contributed by atoms with Crippen LogP contribution in [0.4, 0.5) is 10.1 Å². The van der Waals surface area contributed by atoms with Gasteiger partial charge in [-0.25, -0.2) is 4.39 Å². The summed E-state index contributed by atoms with van der Waals surface area (Å²) in [6.45, 7) is 6.15. The SMILES string of the molecule is CC(N)(CO)CN1CCN(c2ccc(F)cc2)CC1. The Morgan fingerprint density at radius 3 is 2.32 bits per heavy atom. The van der Waals surface area contributed by atoms with Crippen LogP contribution in [0.25, 0.3) is 0 Å². The third kappa shape index (κ3) is 3.89. The van der Waals surface area contributed by atoms with Gasteiger partial charge < -0.3 is 15.7 Å². The molecule has 1 unspecified atom stereocenters. The summed E-state index contributed by atoms with van der Waals surface area (Å²) in [7, 11) is 0. The van der Waals surface area contributed by atoms with Gasteiger partial charge in [-0.2, -0.15) is 0 Å². The third-order valence-corrected chi connectivity index (χ3v) is 3.51. The van der Waals surface area contributed by atoms with Gasteiger partial charge in [0.15, 0.2) is 0 Å². The molecule has 0 spiro atoms. The second-order valence-electron chi connectivity index (χ2n) is 5.55. The summed E-state index contributed by atoms with van der Waals surface area (Å²) in [5, 5.41) is 9.18. The first-order valence-electron chi connectivity index (χ1n) is 6.63. The zero-order chi connectivity index (χ0) is 13.9. The van der Waals surface area contributed by atoms with Crippen molar-refractivity contribution in [2.75, 3.05) is 44.2 Å². The number of anilines is 1. The number of halogens is 1. The highest BCUT2D eigenvalue weighted by Gasteiger charge is 2.24. The van der Waals surface area contributed by atoms with Gasteiger partial charge in [-0.05, 0) is 31.2 Å². The normalized spacial score (nSPS) is 20.3. The highest BCUT2D eigenvalue weighted by molar-refractivity contribution is 5.46. The maximum atomic E-state index is 12.9. The van der Waals surface area contributed by atoms with Gasteiger partial charge in [0.1, 0.15) is 5.82 Å². The third-order valence-electron chi connectivity index (χ3n) is 3.51. The van der Waals surface area contributed by atoms with E-state index in [1.807, 2.05) is 19.1 Å². The van der Waals surface area contributed by atoms with Crippen molar-refractivity contribution in [3.63, 3.8) is 0 Å². The van der Waals surface area contributed by atoms with E-state index in [1.54, 1.807) is 0 Å². The second kappa shape index (κ2) is 5.86. The van der Waals surface area contributed by atoms with Crippen molar-refractivity contribution >= 4 is 5.69 Å². The first kappa shape index (κ1) is 14.2. The number of nitrogens with zero attached hydrogens (tertiary/aromatic N) is 2.